The van der Waals surface area contributed by atoms with E-state index in [0.29, 0.717) is 17.4 Å². The predicted molar refractivity (Wildman–Crippen MR) is 85.5 cm³/mol. The molecule has 1 heterocycles. The third kappa shape index (κ3) is 2.01. The van der Waals surface area contributed by atoms with Gasteiger partial charge in [-0.3, -0.25) is 4.98 Å². The van der Waals surface area contributed by atoms with Gasteiger partial charge >= 0.3 is 0 Å². The molecule has 2 aliphatic carbocycles. The van der Waals surface area contributed by atoms with Gasteiger partial charge in [0.25, 0.3) is 0 Å². The highest BCUT2D eigenvalue weighted by Gasteiger charge is 2.53. The Morgan fingerprint density at radius 1 is 1.14 bits per heavy atom. The fourth-order valence-electron chi connectivity index (χ4n) is 4.31. The quantitative estimate of drug-likeness (QED) is 0.927. The lowest BCUT2D eigenvalue weighted by Gasteiger charge is -2.32. The number of rotatable bonds is 4. The van der Waals surface area contributed by atoms with Gasteiger partial charge in [-0.2, -0.15) is 0 Å². The summed E-state index contributed by atoms with van der Waals surface area (Å²) in [5.41, 5.74) is 4.60. The maximum atomic E-state index is 4.70. The molecule has 1 saturated carbocycles. The van der Waals surface area contributed by atoms with Gasteiger partial charge in [-0.1, -0.05) is 36.4 Å². The summed E-state index contributed by atoms with van der Waals surface area (Å²) in [6.45, 7) is 0. The molecule has 4 rings (SSSR count). The molecular weight excluding hydrogens is 256 g/mol. The fourth-order valence-corrected chi connectivity index (χ4v) is 4.31. The molecule has 108 valence electrons. The van der Waals surface area contributed by atoms with Gasteiger partial charge < -0.3 is 5.32 Å². The van der Waals surface area contributed by atoms with E-state index < -0.39 is 0 Å². The summed E-state index contributed by atoms with van der Waals surface area (Å²) < 4.78 is 0. The second-order valence-corrected chi connectivity index (χ2v) is 6.48. The highest BCUT2D eigenvalue weighted by Crippen LogP contribution is 2.55. The van der Waals surface area contributed by atoms with E-state index in [4.69, 9.17) is 4.98 Å². The van der Waals surface area contributed by atoms with Crippen LogP contribution in [0.3, 0.4) is 0 Å². The Balaban J connectivity index is 1.71. The number of aromatic nitrogens is 1. The zero-order valence-corrected chi connectivity index (χ0v) is 12.5. The third-order valence-corrected chi connectivity index (χ3v) is 5.45. The Bertz CT molecular complexity index is 631. The highest BCUT2D eigenvalue weighted by molar-refractivity contribution is 5.39. The summed E-state index contributed by atoms with van der Waals surface area (Å²) in [5.74, 6) is 0.550. The average molecular weight is 278 g/mol. The maximum absolute atomic E-state index is 4.70. The summed E-state index contributed by atoms with van der Waals surface area (Å²) in [6.07, 6.45) is 6.94. The summed E-state index contributed by atoms with van der Waals surface area (Å²) in [5, 5.41) is 3.65. The van der Waals surface area contributed by atoms with Crippen molar-refractivity contribution < 1.29 is 0 Å². The van der Waals surface area contributed by atoms with Crippen LogP contribution in [0.25, 0.3) is 0 Å². The number of likely N-dealkylation sites (N-methyl/N-ethyl adjacent to an activating group) is 1. The van der Waals surface area contributed by atoms with Crippen molar-refractivity contribution in [3.05, 3.63) is 65.5 Å². The second kappa shape index (κ2) is 4.96. The van der Waals surface area contributed by atoms with Crippen molar-refractivity contribution in [2.45, 2.75) is 43.1 Å². The minimum atomic E-state index is 0.319. The number of nitrogens with zero attached hydrogens (tertiary/aromatic N) is 1. The van der Waals surface area contributed by atoms with Crippen molar-refractivity contribution in [2.75, 3.05) is 7.05 Å². The zero-order valence-electron chi connectivity index (χ0n) is 12.5. The lowest BCUT2D eigenvalue weighted by atomic mass is 9.79. The SMILES string of the molecule is CNC(C1CCc2cccnc21)C1(c2ccccc2)CC1. The van der Waals surface area contributed by atoms with Gasteiger partial charge in [0.15, 0.2) is 0 Å². The average Bonchev–Trinajstić information content (AvgIpc) is 3.24. The molecule has 2 aromatic rings. The van der Waals surface area contributed by atoms with Crippen LogP contribution < -0.4 is 5.32 Å². The summed E-state index contributed by atoms with van der Waals surface area (Å²) >= 11 is 0. The number of hydrogen-bond donors (Lipinski definition) is 1. The normalized spacial score (nSPS) is 23.6. The van der Waals surface area contributed by atoms with Gasteiger partial charge in [0, 0.05) is 29.3 Å². The number of aryl methyl sites for hydroxylation is 1. The van der Waals surface area contributed by atoms with E-state index in [1.165, 1.54) is 42.5 Å². The number of fused-ring (bicyclic) bond motifs is 1. The molecule has 0 spiro atoms. The third-order valence-electron chi connectivity index (χ3n) is 5.45. The van der Waals surface area contributed by atoms with Gasteiger partial charge in [0.05, 0.1) is 0 Å². The first-order chi connectivity index (χ1) is 10.3. The highest BCUT2D eigenvalue weighted by atomic mass is 14.9. The topological polar surface area (TPSA) is 24.9 Å². The van der Waals surface area contributed by atoms with Crippen molar-refractivity contribution in [2.24, 2.45) is 0 Å². The van der Waals surface area contributed by atoms with E-state index in [1.54, 1.807) is 0 Å². The molecule has 2 nitrogen and oxygen atoms in total. The first-order valence-corrected chi connectivity index (χ1v) is 8.02. The molecule has 0 radical (unpaired) electrons. The van der Waals surface area contributed by atoms with Gasteiger partial charge in [0.1, 0.15) is 0 Å². The molecule has 0 aliphatic heterocycles. The molecule has 0 amide bonds. The van der Waals surface area contributed by atoms with Crippen LogP contribution >= 0.6 is 0 Å². The molecule has 2 heteroatoms. The Labute approximate surface area is 126 Å². The monoisotopic (exact) mass is 278 g/mol. The molecule has 1 fully saturated rings. The molecule has 1 aromatic heterocycles. The van der Waals surface area contributed by atoms with Gasteiger partial charge in [-0.15, -0.1) is 0 Å². The molecular formula is C19H22N2. The standard InChI is InChI=1S/C19H22N2/c1-20-18(16-10-9-14-6-5-13-21-17(14)16)19(11-12-19)15-7-3-2-4-8-15/h2-8,13,16,18,20H,9-12H2,1H3. The van der Waals surface area contributed by atoms with E-state index in [-0.39, 0.29) is 0 Å². The Morgan fingerprint density at radius 2 is 1.95 bits per heavy atom. The van der Waals surface area contributed by atoms with E-state index in [1.807, 2.05) is 6.20 Å². The van der Waals surface area contributed by atoms with Crippen molar-refractivity contribution in [3.63, 3.8) is 0 Å². The zero-order chi connectivity index (χ0) is 14.3. The van der Waals surface area contributed by atoms with Crippen LogP contribution in [0.4, 0.5) is 0 Å². The lowest BCUT2D eigenvalue weighted by molar-refractivity contribution is 0.369. The van der Waals surface area contributed by atoms with Crippen LogP contribution in [-0.2, 0) is 11.8 Å². The van der Waals surface area contributed by atoms with Crippen LogP contribution in [-0.4, -0.2) is 18.1 Å². The summed E-state index contributed by atoms with van der Waals surface area (Å²) in [6, 6.07) is 15.9. The Kier molecular flexibility index (Phi) is 3.07. The maximum Gasteiger partial charge on any atom is 0.0482 e. The van der Waals surface area contributed by atoms with Crippen molar-refractivity contribution in [3.8, 4) is 0 Å². The fraction of sp³-hybridized carbons (Fsp3) is 0.421. The molecule has 21 heavy (non-hydrogen) atoms. The van der Waals surface area contributed by atoms with E-state index in [2.05, 4.69) is 54.8 Å². The second-order valence-electron chi connectivity index (χ2n) is 6.48. The van der Waals surface area contributed by atoms with Crippen LogP contribution in [0.5, 0.6) is 0 Å². The van der Waals surface area contributed by atoms with Crippen LogP contribution in [0.1, 0.15) is 42.0 Å². The number of pyridine rings is 1. The van der Waals surface area contributed by atoms with Crippen LogP contribution in [0, 0.1) is 0 Å². The molecule has 1 N–H and O–H groups in total. The van der Waals surface area contributed by atoms with E-state index >= 15 is 0 Å². The molecule has 0 bridgehead atoms. The Hall–Kier alpha value is -1.67. The van der Waals surface area contributed by atoms with Crippen LogP contribution in [0.15, 0.2) is 48.7 Å². The lowest BCUT2D eigenvalue weighted by Crippen LogP contribution is -2.42. The minimum absolute atomic E-state index is 0.319. The smallest absolute Gasteiger partial charge is 0.0482 e. The van der Waals surface area contributed by atoms with Gasteiger partial charge in [-0.05, 0) is 49.9 Å². The van der Waals surface area contributed by atoms with E-state index in [9.17, 15) is 0 Å². The number of hydrogen-bond acceptors (Lipinski definition) is 2. The summed E-state index contributed by atoms with van der Waals surface area (Å²) in [7, 11) is 2.12. The van der Waals surface area contributed by atoms with Crippen LogP contribution in [0.2, 0.25) is 0 Å². The van der Waals surface area contributed by atoms with Gasteiger partial charge in [-0.25, -0.2) is 0 Å². The molecule has 2 aliphatic rings. The first-order valence-electron chi connectivity index (χ1n) is 8.02. The predicted octanol–water partition coefficient (Wildman–Crippen LogP) is 3.43. The largest absolute Gasteiger partial charge is 0.315 e. The molecule has 2 unspecified atom stereocenters. The first kappa shape index (κ1) is 13.0. The van der Waals surface area contributed by atoms with Crippen molar-refractivity contribution in [1.29, 1.82) is 0 Å². The number of benzene rings is 1. The number of nitrogens with one attached hydrogen (secondary N) is 1. The molecule has 1 aromatic carbocycles. The molecule has 2 atom stereocenters. The Morgan fingerprint density at radius 3 is 2.67 bits per heavy atom. The van der Waals surface area contributed by atoms with Crippen molar-refractivity contribution >= 4 is 0 Å². The molecule has 0 saturated heterocycles. The van der Waals surface area contributed by atoms with Crippen molar-refractivity contribution in [1.82, 2.24) is 10.3 Å². The van der Waals surface area contributed by atoms with Gasteiger partial charge in [0.2, 0.25) is 0 Å². The van der Waals surface area contributed by atoms with E-state index in [0.717, 1.165) is 0 Å². The minimum Gasteiger partial charge on any atom is -0.315 e. The summed E-state index contributed by atoms with van der Waals surface area (Å²) in [4.78, 5) is 4.70.